The second-order valence-corrected chi connectivity index (χ2v) is 8.07. The van der Waals surface area contributed by atoms with E-state index in [1.807, 2.05) is 40.9 Å². The SMILES string of the molecule is Cc1ccccc1CSCCNC(=S)Nc1cccc(N2CCCC2=O)c1. The van der Waals surface area contributed by atoms with Crippen molar-refractivity contribution in [2.75, 3.05) is 29.1 Å². The minimum absolute atomic E-state index is 0.193. The van der Waals surface area contributed by atoms with Gasteiger partial charge >= 0.3 is 0 Å². The van der Waals surface area contributed by atoms with Crippen LogP contribution in [0, 0.1) is 6.92 Å². The van der Waals surface area contributed by atoms with Gasteiger partial charge in [0, 0.05) is 42.4 Å². The van der Waals surface area contributed by atoms with Gasteiger partial charge in [0.1, 0.15) is 0 Å². The fourth-order valence-corrected chi connectivity index (χ4v) is 4.19. The lowest BCUT2D eigenvalue weighted by atomic mass is 10.1. The van der Waals surface area contributed by atoms with Crippen LogP contribution in [0.1, 0.15) is 24.0 Å². The molecule has 142 valence electrons. The highest BCUT2D eigenvalue weighted by molar-refractivity contribution is 7.98. The van der Waals surface area contributed by atoms with Crippen LogP contribution in [0.15, 0.2) is 48.5 Å². The van der Waals surface area contributed by atoms with Gasteiger partial charge in [-0.2, -0.15) is 11.8 Å². The average Bonchev–Trinajstić information content (AvgIpc) is 3.09. The maximum Gasteiger partial charge on any atom is 0.227 e. The maximum absolute atomic E-state index is 11.9. The molecule has 2 N–H and O–H groups in total. The summed E-state index contributed by atoms with van der Waals surface area (Å²) >= 11 is 7.28. The zero-order valence-corrected chi connectivity index (χ0v) is 17.2. The molecular weight excluding hydrogens is 374 g/mol. The highest BCUT2D eigenvalue weighted by Crippen LogP contribution is 2.24. The summed E-state index contributed by atoms with van der Waals surface area (Å²) in [4.78, 5) is 13.7. The second kappa shape index (κ2) is 9.76. The summed E-state index contributed by atoms with van der Waals surface area (Å²) in [5.41, 5.74) is 4.55. The lowest BCUT2D eigenvalue weighted by Crippen LogP contribution is -2.30. The highest BCUT2D eigenvalue weighted by Gasteiger charge is 2.21. The van der Waals surface area contributed by atoms with E-state index < -0.39 is 0 Å². The summed E-state index contributed by atoms with van der Waals surface area (Å²) in [5.74, 6) is 2.19. The van der Waals surface area contributed by atoms with E-state index in [4.69, 9.17) is 12.2 Å². The van der Waals surface area contributed by atoms with Crippen molar-refractivity contribution in [3.05, 3.63) is 59.7 Å². The Morgan fingerprint density at radius 2 is 2.07 bits per heavy atom. The van der Waals surface area contributed by atoms with Crippen molar-refractivity contribution in [1.29, 1.82) is 0 Å². The van der Waals surface area contributed by atoms with Crippen LogP contribution in [0.5, 0.6) is 0 Å². The third-order valence-corrected chi connectivity index (χ3v) is 5.79. The van der Waals surface area contributed by atoms with Crippen LogP contribution >= 0.6 is 24.0 Å². The van der Waals surface area contributed by atoms with E-state index >= 15 is 0 Å². The first-order valence-corrected chi connectivity index (χ1v) is 10.8. The molecule has 0 saturated carbocycles. The van der Waals surface area contributed by atoms with Crippen LogP contribution in [0.3, 0.4) is 0 Å². The second-order valence-electron chi connectivity index (χ2n) is 6.56. The summed E-state index contributed by atoms with van der Waals surface area (Å²) in [6, 6.07) is 16.3. The molecule has 0 bridgehead atoms. The van der Waals surface area contributed by atoms with Crippen LogP contribution in [-0.4, -0.2) is 29.9 Å². The van der Waals surface area contributed by atoms with Gasteiger partial charge in [-0.1, -0.05) is 30.3 Å². The number of rotatable bonds is 7. The number of anilines is 2. The minimum Gasteiger partial charge on any atom is -0.362 e. The number of carbonyl (C=O) groups excluding carboxylic acids is 1. The normalized spacial score (nSPS) is 13.7. The Labute approximate surface area is 170 Å². The molecule has 1 aliphatic heterocycles. The van der Waals surface area contributed by atoms with Crippen LogP contribution in [-0.2, 0) is 10.5 Å². The van der Waals surface area contributed by atoms with Gasteiger partial charge in [-0.25, -0.2) is 0 Å². The molecule has 1 saturated heterocycles. The van der Waals surface area contributed by atoms with Gasteiger partial charge in [-0.15, -0.1) is 0 Å². The molecule has 2 aromatic carbocycles. The van der Waals surface area contributed by atoms with Gasteiger partial charge < -0.3 is 15.5 Å². The molecule has 27 heavy (non-hydrogen) atoms. The molecule has 0 radical (unpaired) electrons. The topological polar surface area (TPSA) is 44.4 Å². The first-order valence-electron chi connectivity index (χ1n) is 9.21. The summed E-state index contributed by atoms with van der Waals surface area (Å²) in [7, 11) is 0. The standard InChI is InChI=1S/C21H25N3OS2/c1-16-6-2-3-7-17(16)15-27-13-11-22-21(26)23-18-8-4-9-19(14-18)24-12-5-10-20(24)25/h2-4,6-9,14H,5,10-13,15H2,1H3,(H2,22,23,26). The van der Waals surface area contributed by atoms with E-state index in [2.05, 4.69) is 41.8 Å². The van der Waals surface area contributed by atoms with Gasteiger partial charge in [-0.05, 0) is 54.9 Å². The van der Waals surface area contributed by atoms with Crippen molar-refractivity contribution in [2.24, 2.45) is 0 Å². The van der Waals surface area contributed by atoms with E-state index in [1.54, 1.807) is 0 Å². The van der Waals surface area contributed by atoms with E-state index in [0.717, 1.165) is 42.4 Å². The summed E-state index contributed by atoms with van der Waals surface area (Å²) < 4.78 is 0. The Bertz CT molecular complexity index is 810. The first-order chi connectivity index (χ1) is 13.1. The van der Waals surface area contributed by atoms with Gasteiger partial charge in [-0.3, -0.25) is 4.79 Å². The Morgan fingerprint density at radius 3 is 2.85 bits per heavy atom. The number of thiocarbonyl (C=S) groups is 1. The quantitative estimate of drug-likeness (QED) is 0.536. The number of nitrogens with one attached hydrogen (secondary N) is 2. The number of benzene rings is 2. The molecule has 0 aliphatic carbocycles. The molecule has 4 nitrogen and oxygen atoms in total. The lowest BCUT2D eigenvalue weighted by molar-refractivity contribution is -0.117. The zero-order valence-electron chi connectivity index (χ0n) is 15.5. The predicted octanol–water partition coefficient (Wildman–Crippen LogP) is 4.34. The number of amides is 1. The fourth-order valence-electron chi connectivity index (χ4n) is 3.04. The van der Waals surface area contributed by atoms with Crippen LogP contribution < -0.4 is 15.5 Å². The number of aryl methyl sites for hydroxylation is 1. The molecule has 1 aliphatic rings. The lowest BCUT2D eigenvalue weighted by Gasteiger charge is -2.17. The molecular formula is C21H25N3OS2. The van der Waals surface area contributed by atoms with Crippen LogP contribution in [0.2, 0.25) is 0 Å². The smallest absolute Gasteiger partial charge is 0.227 e. The maximum atomic E-state index is 11.9. The Balaban J connectivity index is 1.40. The third-order valence-electron chi connectivity index (χ3n) is 4.54. The average molecular weight is 400 g/mol. The van der Waals surface area contributed by atoms with Crippen molar-refractivity contribution in [1.82, 2.24) is 5.32 Å². The largest absolute Gasteiger partial charge is 0.362 e. The van der Waals surface area contributed by atoms with Gasteiger partial charge in [0.25, 0.3) is 0 Å². The zero-order chi connectivity index (χ0) is 19.1. The molecule has 0 spiro atoms. The summed E-state index contributed by atoms with van der Waals surface area (Å²) in [6.07, 6.45) is 1.56. The van der Waals surface area contributed by atoms with Gasteiger partial charge in [0.15, 0.2) is 5.11 Å². The molecule has 2 aromatic rings. The highest BCUT2D eigenvalue weighted by atomic mass is 32.2. The van der Waals surface area contributed by atoms with Crippen molar-refractivity contribution in [2.45, 2.75) is 25.5 Å². The molecule has 1 fully saturated rings. The van der Waals surface area contributed by atoms with E-state index in [1.165, 1.54) is 11.1 Å². The fraction of sp³-hybridized carbons (Fsp3) is 0.333. The summed E-state index contributed by atoms with van der Waals surface area (Å²) in [5, 5.41) is 7.07. The third kappa shape index (κ3) is 5.71. The first kappa shape index (κ1) is 19.7. The molecule has 1 amide bonds. The number of carbonyl (C=O) groups is 1. The van der Waals surface area contributed by atoms with Crippen molar-refractivity contribution >= 4 is 46.4 Å². The number of hydrogen-bond donors (Lipinski definition) is 2. The van der Waals surface area contributed by atoms with Crippen molar-refractivity contribution in [3.63, 3.8) is 0 Å². The Morgan fingerprint density at radius 1 is 1.22 bits per heavy atom. The molecule has 6 heteroatoms. The van der Waals surface area contributed by atoms with Crippen molar-refractivity contribution in [3.8, 4) is 0 Å². The van der Waals surface area contributed by atoms with Crippen molar-refractivity contribution < 1.29 is 4.79 Å². The molecule has 1 heterocycles. The predicted molar refractivity (Wildman–Crippen MR) is 120 cm³/mol. The molecule has 0 unspecified atom stereocenters. The number of nitrogens with zero attached hydrogens (tertiary/aromatic N) is 1. The molecule has 3 rings (SSSR count). The molecule has 0 aromatic heterocycles. The van der Waals surface area contributed by atoms with Gasteiger partial charge in [0.05, 0.1) is 0 Å². The number of hydrogen-bond acceptors (Lipinski definition) is 3. The van der Waals surface area contributed by atoms with E-state index in [9.17, 15) is 4.79 Å². The minimum atomic E-state index is 0.193. The summed E-state index contributed by atoms with van der Waals surface area (Å²) in [6.45, 7) is 3.76. The number of thioether (sulfide) groups is 1. The molecule has 0 atom stereocenters. The Kier molecular flexibility index (Phi) is 7.12. The van der Waals surface area contributed by atoms with E-state index in [-0.39, 0.29) is 5.91 Å². The van der Waals surface area contributed by atoms with Crippen LogP contribution in [0.25, 0.3) is 0 Å². The Hall–Kier alpha value is -2.05. The van der Waals surface area contributed by atoms with Crippen LogP contribution in [0.4, 0.5) is 11.4 Å². The monoisotopic (exact) mass is 399 g/mol. The van der Waals surface area contributed by atoms with Gasteiger partial charge in [0.2, 0.25) is 5.91 Å². The van der Waals surface area contributed by atoms with E-state index in [0.29, 0.717) is 11.5 Å².